The summed E-state index contributed by atoms with van der Waals surface area (Å²) in [5.74, 6) is 0.709. The minimum atomic E-state index is -4.42. The lowest BCUT2D eigenvalue weighted by Gasteiger charge is -2.28. The summed E-state index contributed by atoms with van der Waals surface area (Å²) in [5.41, 5.74) is 0.618. The summed E-state index contributed by atoms with van der Waals surface area (Å²) in [6.45, 7) is 3.27. The molecule has 0 amide bonds. The number of piperazine rings is 1. The number of nitrogens with one attached hydrogen (secondary N) is 1. The van der Waals surface area contributed by atoms with Gasteiger partial charge in [-0.05, 0) is 24.3 Å². The van der Waals surface area contributed by atoms with Gasteiger partial charge in [0.15, 0.2) is 0 Å². The Morgan fingerprint density at radius 1 is 1.12 bits per heavy atom. The summed E-state index contributed by atoms with van der Waals surface area (Å²) in [4.78, 5) is 6.72. The van der Waals surface area contributed by atoms with Crippen LogP contribution >= 0.6 is 11.6 Å². The summed E-state index contributed by atoms with van der Waals surface area (Å²) >= 11 is 6.25. The molecule has 3 aromatic heterocycles. The van der Waals surface area contributed by atoms with E-state index >= 15 is 0 Å². The van der Waals surface area contributed by atoms with Crippen LogP contribution in [-0.4, -0.2) is 40.8 Å². The third kappa shape index (κ3) is 3.22. The zero-order chi connectivity index (χ0) is 18.3. The van der Waals surface area contributed by atoms with Crippen LogP contribution in [0.25, 0.3) is 16.8 Å². The molecule has 0 radical (unpaired) electrons. The normalized spacial score (nSPS) is 15.6. The van der Waals surface area contributed by atoms with Crippen LogP contribution in [0.5, 0.6) is 0 Å². The van der Waals surface area contributed by atoms with E-state index in [4.69, 9.17) is 11.6 Å². The van der Waals surface area contributed by atoms with Crippen LogP contribution in [0.4, 0.5) is 19.0 Å². The van der Waals surface area contributed by atoms with Crippen molar-refractivity contribution < 1.29 is 13.2 Å². The van der Waals surface area contributed by atoms with Gasteiger partial charge in [-0.25, -0.2) is 9.50 Å². The Bertz CT molecular complexity index is 947. The smallest absolute Gasteiger partial charge is 0.354 e. The largest absolute Gasteiger partial charge is 0.416 e. The molecule has 1 fully saturated rings. The second-order valence-corrected chi connectivity index (χ2v) is 6.50. The maximum absolute atomic E-state index is 13.0. The number of rotatable bonds is 2. The van der Waals surface area contributed by atoms with Crippen LogP contribution in [0.3, 0.4) is 0 Å². The van der Waals surface area contributed by atoms with Crippen molar-refractivity contribution in [2.75, 3.05) is 31.1 Å². The second-order valence-electron chi connectivity index (χ2n) is 6.07. The van der Waals surface area contributed by atoms with Crippen molar-refractivity contribution in [2.24, 2.45) is 0 Å². The van der Waals surface area contributed by atoms with E-state index in [9.17, 15) is 13.2 Å². The predicted molar refractivity (Wildman–Crippen MR) is 93.5 cm³/mol. The van der Waals surface area contributed by atoms with Crippen LogP contribution in [0.1, 0.15) is 5.56 Å². The number of fused-ring (bicyclic) bond motifs is 1. The van der Waals surface area contributed by atoms with E-state index in [0.29, 0.717) is 27.6 Å². The minimum Gasteiger partial charge on any atom is -0.354 e. The van der Waals surface area contributed by atoms with Crippen molar-refractivity contribution in [3.05, 3.63) is 47.2 Å². The van der Waals surface area contributed by atoms with Gasteiger partial charge < -0.3 is 10.2 Å². The van der Waals surface area contributed by atoms with Gasteiger partial charge in [-0.1, -0.05) is 11.6 Å². The van der Waals surface area contributed by atoms with Crippen molar-refractivity contribution in [1.29, 1.82) is 0 Å². The molecule has 1 saturated heterocycles. The van der Waals surface area contributed by atoms with Gasteiger partial charge in [-0.15, -0.1) is 0 Å². The summed E-state index contributed by atoms with van der Waals surface area (Å²) in [6, 6.07) is 5.49. The molecule has 0 saturated carbocycles. The van der Waals surface area contributed by atoms with Gasteiger partial charge in [0.1, 0.15) is 5.82 Å². The lowest BCUT2D eigenvalue weighted by molar-refractivity contribution is -0.137. The predicted octanol–water partition coefficient (Wildman–Crippen LogP) is 3.48. The second kappa shape index (κ2) is 6.44. The van der Waals surface area contributed by atoms with Crippen molar-refractivity contribution >= 4 is 22.9 Å². The van der Waals surface area contributed by atoms with Crippen LogP contribution in [0, 0.1) is 0 Å². The monoisotopic (exact) mass is 381 g/mol. The molecule has 1 aliphatic heterocycles. The molecule has 9 heteroatoms. The first-order valence-electron chi connectivity index (χ1n) is 8.10. The Morgan fingerprint density at radius 3 is 2.62 bits per heavy atom. The molecule has 4 rings (SSSR count). The zero-order valence-electron chi connectivity index (χ0n) is 13.6. The summed E-state index contributed by atoms with van der Waals surface area (Å²) in [5, 5.41) is 7.88. The molecule has 26 heavy (non-hydrogen) atoms. The van der Waals surface area contributed by atoms with Crippen LogP contribution in [-0.2, 0) is 6.18 Å². The van der Waals surface area contributed by atoms with E-state index in [2.05, 4.69) is 20.3 Å². The molecule has 0 spiro atoms. The number of aromatic nitrogens is 3. The average Bonchev–Trinajstić information content (AvgIpc) is 3.04. The molecule has 3 aromatic rings. The van der Waals surface area contributed by atoms with E-state index in [0.717, 1.165) is 38.3 Å². The zero-order valence-corrected chi connectivity index (χ0v) is 14.3. The van der Waals surface area contributed by atoms with Crippen molar-refractivity contribution in [3.63, 3.8) is 0 Å². The lowest BCUT2D eigenvalue weighted by Crippen LogP contribution is -2.43. The fraction of sp³-hybridized carbons (Fsp3) is 0.294. The van der Waals surface area contributed by atoms with Gasteiger partial charge in [0.25, 0.3) is 0 Å². The highest BCUT2D eigenvalue weighted by atomic mass is 35.5. The number of halogens is 4. The molecule has 1 N–H and O–H groups in total. The van der Waals surface area contributed by atoms with E-state index < -0.39 is 11.7 Å². The number of anilines is 1. The van der Waals surface area contributed by atoms with Crippen molar-refractivity contribution in [1.82, 2.24) is 19.9 Å². The highest BCUT2D eigenvalue weighted by Crippen LogP contribution is 2.33. The Kier molecular flexibility index (Phi) is 4.24. The van der Waals surface area contributed by atoms with E-state index in [-0.39, 0.29) is 0 Å². The molecule has 0 aromatic carbocycles. The maximum Gasteiger partial charge on any atom is 0.416 e. The van der Waals surface area contributed by atoms with Crippen molar-refractivity contribution in [3.8, 4) is 11.3 Å². The highest BCUT2D eigenvalue weighted by molar-refractivity contribution is 6.31. The van der Waals surface area contributed by atoms with Crippen LogP contribution in [0.2, 0.25) is 5.02 Å². The van der Waals surface area contributed by atoms with Gasteiger partial charge in [0.2, 0.25) is 0 Å². The summed E-state index contributed by atoms with van der Waals surface area (Å²) in [6.07, 6.45) is -1.61. The fourth-order valence-corrected chi connectivity index (χ4v) is 3.23. The third-order valence-electron chi connectivity index (χ3n) is 4.34. The highest BCUT2D eigenvalue weighted by Gasteiger charge is 2.31. The Morgan fingerprint density at radius 2 is 1.88 bits per heavy atom. The molecule has 136 valence electrons. The number of hydrogen-bond acceptors (Lipinski definition) is 4. The van der Waals surface area contributed by atoms with E-state index in [1.807, 2.05) is 0 Å². The number of hydrogen-bond donors (Lipinski definition) is 1. The molecule has 0 aliphatic carbocycles. The molecule has 0 bridgehead atoms. The third-order valence-corrected chi connectivity index (χ3v) is 4.56. The first-order valence-corrected chi connectivity index (χ1v) is 8.48. The van der Waals surface area contributed by atoms with Gasteiger partial charge in [0.05, 0.1) is 23.0 Å². The van der Waals surface area contributed by atoms with Gasteiger partial charge in [0, 0.05) is 43.0 Å². The quantitative estimate of drug-likeness (QED) is 0.738. The van der Waals surface area contributed by atoms with Gasteiger partial charge >= 0.3 is 6.18 Å². The first-order chi connectivity index (χ1) is 12.4. The Balaban J connectivity index is 1.81. The Hall–Kier alpha value is -2.32. The van der Waals surface area contributed by atoms with Gasteiger partial charge in [-0.3, -0.25) is 0 Å². The molecular weight excluding hydrogens is 367 g/mol. The molecule has 1 aliphatic rings. The number of nitrogens with zero attached hydrogens (tertiary/aromatic N) is 4. The topological polar surface area (TPSA) is 45.5 Å². The Labute approximate surface area is 152 Å². The standard InChI is InChI=1S/C17H15ClF3N5/c18-12-8-14(24-16(9-12)25-5-2-22-3-6-25)13-10-23-26-4-1-11(7-15(13)26)17(19,20)21/h1,4,7-10,22H,2-3,5-6H2. The average molecular weight is 382 g/mol. The van der Waals surface area contributed by atoms with E-state index in [1.165, 1.54) is 16.9 Å². The molecule has 0 atom stereocenters. The minimum absolute atomic E-state index is 0.334. The van der Waals surface area contributed by atoms with Gasteiger partial charge in [-0.2, -0.15) is 18.3 Å². The number of alkyl halides is 3. The fourth-order valence-electron chi connectivity index (χ4n) is 3.03. The van der Waals surface area contributed by atoms with E-state index in [1.54, 1.807) is 12.1 Å². The summed E-state index contributed by atoms with van der Waals surface area (Å²) in [7, 11) is 0. The number of pyridine rings is 2. The van der Waals surface area contributed by atoms with Crippen molar-refractivity contribution in [2.45, 2.75) is 6.18 Å². The molecule has 5 nitrogen and oxygen atoms in total. The SMILES string of the molecule is FC(F)(F)c1ccn2ncc(-c3cc(Cl)cc(N4CCNCC4)n3)c2c1. The van der Waals surface area contributed by atoms with Crippen LogP contribution < -0.4 is 10.2 Å². The van der Waals surface area contributed by atoms with Crippen LogP contribution in [0.15, 0.2) is 36.7 Å². The molecular formula is C17H15ClF3N5. The maximum atomic E-state index is 13.0. The summed E-state index contributed by atoms with van der Waals surface area (Å²) < 4.78 is 40.5. The first kappa shape index (κ1) is 17.1. The molecule has 4 heterocycles. The molecule has 0 unspecified atom stereocenters. The lowest BCUT2D eigenvalue weighted by atomic mass is 10.1.